The van der Waals surface area contributed by atoms with Gasteiger partial charge in [0.1, 0.15) is 5.75 Å². The average Bonchev–Trinajstić information content (AvgIpc) is 2.75. The van der Waals surface area contributed by atoms with E-state index in [1.165, 1.54) is 0 Å². The Morgan fingerprint density at radius 3 is 3.06 bits per heavy atom. The van der Waals surface area contributed by atoms with Crippen LogP contribution >= 0.6 is 11.6 Å². The number of methoxy groups -OCH3 is 1. The van der Waals surface area contributed by atoms with E-state index in [2.05, 4.69) is 9.97 Å². The SMILES string of the molecule is COc1cc2ccnc2c2c(Cl)cc[nH]c12. The number of hydrogen-bond donors (Lipinski definition) is 1. The fraction of sp³-hybridized carbons (Fsp3) is 0.0833. The van der Waals surface area contributed by atoms with Crippen molar-refractivity contribution < 1.29 is 4.74 Å². The average molecular weight is 233 g/mol. The number of H-pyrrole nitrogens is 1. The number of fused-ring (bicyclic) bond motifs is 3. The molecule has 0 atom stereocenters. The summed E-state index contributed by atoms with van der Waals surface area (Å²) in [5.41, 5.74) is 1.78. The van der Waals surface area contributed by atoms with Gasteiger partial charge in [-0.1, -0.05) is 11.6 Å². The molecule has 0 aliphatic carbocycles. The Labute approximate surface area is 97.0 Å². The predicted octanol–water partition coefficient (Wildman–Crippen LogP) is 3.38. The summed E-state index contributed by atoms with van der Waals surface area (Å²) in [6.45, 7) is 0. The zero-order valence-electron chi connectivity index (χ0n) is 8.62. The van der Waals surface area contributed by atoms with E-state index in [0.29, 0.717) is 5.02 Å². The third-order valence-corrected chi connectivity index (χ3v) is 2.98. The van der Waals surface area contributed by atoms with Crippen LogP contribution in [0.15, 0.2) is 30.6 Å². The van der Waals surface area contributed by atoms with Gasteiger partial charge in [-0.25, -0.2) is 0 Å². The number of aromatic nitrogens is 2. The number of benzene rings is 1. The van der Waals surface area contributed by atoms with Crippen molar-refractivity contribution >= 4 is 33.4 Å². The fourth-order valence-corrected chi connectivity index (χ4v) is 2.19. The molecule has 2 heterocycles. The smallest absolute Gasteiger partial charge is 0.143 e. The molecular weight excluding hydrogens is 224 g/mol. The number of halogens is 1. The van der Waals surface area contributed by atoms with Crippen LogP contribution in [-0.4, -0.2) is 17.1 Å². The molecule has 1 N–H and O–H groups in total. The highest BCUT2D eigenvalue weighted by Crippen LogP contribution is 2.35. The van der Waals surface area contributed by atoms with Crippen LogP contribution in [0.2, 0.25) is 5.02 Å². The van der Waals surface area contributed by atoms with Gasteiger partial charge in [0, 0.05) is 23.2 Å². The van der Waals surface area contributed by atoms with Crippen molar-refractivity contribution in [1.29, 1.82) is 0 Å². The molecule has 0 saturated carbocycles. The van der Waals surface area contributed by atoms with E-state index in [9.17, 15) is 0 Å². The fourth-order valence-electron chi connectivity index (χ4n) is 1.94. The summed E-state index contributed by atoms with van der Waals surface area (Å²) in [7, 11) is 1.64. The first-order valence-corrected chi connectivity index (χ1v) is 5.27. The molecule has 3 nitrogen and oxygen atoms in total. The van der Waals surface area contributed by atoms with Crippen molar-refractivity contribution in [2.24, 2.45) is 0 Å². The molecule has 16 heavy (non-hydrogen) atoms. The monoisotopic (exact) mass is 232 g/mol. The van der Waals surface area contributed by atoms with Gasteiger partial charge in [0.15, 0.2) is 0 Å². The Kier molecular flexibility index (Phi) is 2.01. The lowest BCUT2D eigenvalue weighted by atomic mass is 10.1. The van der Waals surface area contributed by atoms with Crippen molar-refractivity contribution in [3.63, 3.8) is 0 Å². The molecular formula is C12H9ClN2O. The molecule has 0 radical (unpaired) electrons. The Balaban J connectivity index is 2.62. The van der Waals surface area contributed by atoms with Gasteiger partial charge in [-0.15, -0.1) is 0 Å². The molecule has 1 aromatic carbocycles. The van der Waals surface area contributed by atoms with Gasteiger partial charge in [-0.3, -0.25) is 4.98 Å². The van der Waals surface area contributed by atoms with Crippen LogP contribution < -0.4 is 4.74 Å². The van der Waals surface area contributed by atoms with E-state index in [4.69, 9.17) is 16.3 Å². The summed E-state index contributed by atoms with van der Waals surface area (Å²) in [5, 5.41) is 2.62. The second-order valence-electron chi connectivity index (χ2n) is 3.54. The highest BCUT2D eigenvalue weighted by atomic mass is 35.5. The van der Waals surface area contributed by atoms with Gasteiger partial charge >= 0.3 is 0 Å². The predicted molar refractivity (Wildman–Crippen MR) is 65.2 cm³/mol. The summed E-state index contributed by atoms with van der Waals surface area (Å²) < 4.78 is 5.34. The second-order valence-corrected chi connectivity index (χ2v) is 3.94. The zero-order valence-corrected chi connectivity index (χ0v) is 9.38. The number of rotatable bonds is 1. The summed E-state index contributed by atoms with van der Waals surface area (Å²) in [6.07, 6.45) is 3.56. The molecule has 0 spiro atoms. The quantitative estimate of drug-likeness (QED) is 0.699. The lowest BCUT2D eigenvalue weighted by Gasteiger charge is -2.07. The summed E-state index contributed by atoms with van der Waals surface area (Å²) in [4.78, 5) is 7.47. The molecule has 2 aromatic heterocycles. The minimum absolute atomic E-state index is 0.677. The zero-order chi connectivity index (χ0) is 11.1. The minimum atomic E-state index is 0.677. The molecule has 0 aliphatic heterocycles. The topological polar surface area (TPSA) is 37.9 Å². The molecule has 0 unspecified atom stereocenters. The molecule has 3 rings (SSSR count). The molecule has 0 aliphatic rings. The van der Waals surface area contributed by atoms with Crippen molar-refractivity contribution in [3.05, 3.63) is 35.6 Å². The van der Waals surface area contributed by atoms with Crippen LogP contribution in [0.3, 0.4) is 0 Å². The highest BCUT2D eigenvalue weighted by molar-refractivity contribution is 6.37. The van der Waals surface area contributed by atoms with Gasteiger partial charge in [-0.05, 0) is 18.2 Å². The van der Waals surface area contributed by atoms with Crippen LogP contribution in [0.1, 0.15) is 0 Å². The molecule has 4 heteroatoms. The van der Waals surface area contributed by atoms with Gasteiger partial charge in [0.25, 0.3) is 0 Å². The molecule has 0 fully saturated rings. The Bertz CT molecular complexity index is 675. The number of aromatic amines is 1. The van der Waals surface area contributed by atoms with Crippen molar-refractivity contribution in [1.82, 2.24) is 9.97 Å². The Hall–Kier alpha value is -1.74. The van der Waals surface area contributed by atoms with E-state index in [1.807, 2.05) is 18.2 Å². The number of ether oxygens (including phenoxy) is 1. The van der Waals surface area contributed by atoms with Crippen LogP contribution in [0.5, 0.6) is 5.75 Å². The van der Waals surface area contributed by atoms with Crippen LogP contribution in [-0.2, 0) is 0 Å². The first kappa shape index (κ1) is 9.48. The summed E-state index contributed by atoms with van der Waals surface area (Å²) >= 11 is 6.21. The molecule has 0 amide bonds. The summed E-state index contributed by atoms with van der Waals surface area (Å²) in [6, 6.07) is 5.72. The Morgan fingerprint density at radius 1 is 1.38 bits per heavy atom. The van der Waals surface area contributed by atoms with Crippen LogP contribution in [0.25, 0.3) is 21.8 Å². The van der Waals surface area contributed by atoms with Gasteiger partial charge in [0.05, 0.1) is 23.2 Å². The standard InChI is InChI=1S/C12H9ClN2O/c1-16-9-6-7-2-4-14-11(7)10-8(13)3-5-15-12(9)10/h2-6,15H,1H3. The van der Waals surface area contributed by atoms with Crippen molar-refractivity contribution in [3.8, 4) is 5.75 Å². The van der Waals surface area contributed by atoms with E-state index < -0.39 is 0 Å². The largest absolute Gasteiger partial charge is 0.495 e. The van der Waals surface area contributed by atoms with Gasteiger partial charge < -0.3 is 9.72 Å². The Morgan fingerprint density at radius 2 is 2.25 bits per heavy atom. The van der Waals surface area contributed by atoms with Gasteiger partial charge in [-0.2, -0.15) is 0 Å². The maximum atomic E-state index is 6.21. The number of nitrogens with one attached hydrogen (secondary N) is 1. The first-order valence-electron chi connectivity index (χ1n) is 4.89. The van der Waals surface area contributed by atoms with Crippen molar-refractivity contribution in [2.75, 3.05) is 7.11 Å². The third kappa shape index (κ3) is 1.18. The lowest BCUT2D eigenvalue weighted by molar-refractivity contribution is 0.419. The highest BCUT2D eigenvalue weighted by Gasteiger charge is 2.11. The molecule has 0 saturated heterocycles. The second kappa shape index (κ2) is 3.39. The molecule has 0 bridgehead atoms. The lowest BCUT2D eigenvalue weighted by Crippen LogP contribution is -1.89. The van der Waals surface area contributed by atoms with E-state index in [0.717, 1.165) is 27.6 Å². The van der Waals surface area contributed by atoms with E-state index in [1.54, 1.807) is 19.5 Å². The first-order chi connectivity index (χ1) is 7.81. The number of pyridine rings is 1. The van der Waals surface area contributed by atoms with E-state index >= 15 is 0 Å². The number of nitrogens with zero attached hydrogens (tertiary/aromatic N) is 1. The minimum Gasteiger partial charge on any atom is -0.495 e. The maximum absolute atomic E-state index is 6.21. The molecule has 3 aromatic rings. The third-order valence-electron chi connectivity index (χ3n) is 2.67. The van der Waals surface area contributed by atoms with Gasteiger partial charge in [0.2, 0.25) is 0 Å². The van der Waals surface area contributed by atoms with Crippen molar-refractivity contribution in [2.45, 2.75) is 0 Å². The van der Waals surface area contributed by atoms with Crippen LogP contribution in [0.4, 0.5) is 0 Å². The normalized spacial score (nSPS) is 11.1. The number of hydrogen-bond acceptors (Lipinski definition) is 2. The van der Waals surface area contributed by atoms with Crippen LogP contribution in [0, 0.1) is 0 Å². The maximum Gasteiger partial charge on any atom is 0.143 e. The van der Waals surface area contributed by atoms with E-state index in [-0.39, 0.29) is 0 Å². The summed E-state index contributed by atoms with van der Waals surface area (Å²) in [5.74, 6) is 0.776. The molecule has 80 valence electrons.